The van der Waals surface area contributed by atoms with Gasteiger partial charge >= 0.3 is 29.8 Å². The maximum Gasteiger partial charge on any atom is 0.414 e. The van der Waals surface area contributed by atoms with Gasteiger partial charge in [-0.05, 0) is 26.0 Å². The molecule has 0 aliphatic carbocycles. The zero-order valence-corrected chi connectivity index (χ0v) is 24.3. The van der Waals surface area contributed by atoms with Crippen LogP contribution in [-0.2, 0) is 28.7 Å². The first kappa shape index (κ1) is 35.7. The number of amides is 1. The molecule has 1 amide bonds. The van der Waals surface area contributed by atoms with Crippen LogP contribution in [0.1, 0.15) is 36.2 Å². The third-order valence-electron chi connectivity index (χ3n) is 5.82. The third-order valence-corrected chi connectivity index (χ3v) is 6.71. The largest absolute Gasteiger partial charge is 0.473 e. The second kappa shape index (κ2) is 18.2. The van der Waals surface area contributed by atoms with E-state index in [1.54, 1.807) is 6.92 Å². The molecule has 1 aliphatic heterocycles. The molecule has 0 unspecified atom stereocenters. The highest BCUT2D eigenvalue weighted by atomic mass is 32.1. The summed E-state index contributed by atoms with van der Waals surface area (Å²) in [6.07, 6.45) is 0.409. The van der Waals surface area contributed by atoms with E-state index in [0.717, 1.165) is 56.0 Å². The molecule has 5 N–H and O–H groups in total. The van der Waals surface area contributed by atoms with Crippen molar-refractivity contribution in [1.29, 1.82) is 0 Å². The number of nitrogens with one attached hydrogen (secondary N) is 1. The molecule has 14 nitrogen and oxygen atoms in total. The van der Waals surface area contributed by atoms with Crippen molar-refractivity contribution in [1.82, 2.24) is 9.80 Å². The average Bonchev–Trinajstić information content (AvgIpc) is 3.36. The standard InChI is InChI=1S/C23H31N3O3S.2C2H2O4/c1-4-25-12-14-26(15-13-25)11-10-20(27)24-22-21(23(28)29-5-2)19(16-30-22)18-8-6-17(3)7-9-18;2*3-1(4)2(5)6/h6-9,16H,4-5,10-15H2,1-3H3,(H,24,27);2*(H,3,4)(H,5,6). The van der Waals surface area contributed by atoms with Crippen LogP contribution < -0.4 is 5.32 Å². The van der Waals surface area contributed by atoms with Crippen LogP contribution in [0.4, 0.5) is 5.00 Å². The number of hydrogen-bond donors (Lipinski definition) is 5. The number of aryl methyl sites for hydroxylation is 1. The number of carboxylic acid groups (broad SMARTS) is 4. The van der Waals surface area contributed by atoms with Crippen molar-refractivity contribution < 1.29 is 53.9 Å². The number of carboxylic acids is 4. The lowest BCUT2D eigenvalue weighted by atomic mass is 10.0. The summed E-state index contributed by atoms with van der Waals surface area (Å²) in [5, 5.41) is 35.0. The second-order valence-corrected chi connectivity index (χ2v) is 9.61. The van der Waals surface area contributed by atoms with E-state index in [9.17, 15) is 9.59 Å². The van der Waals surface area contributed by atoms with Crippen molar-refractivity contribution in [3.8, 4) is 11.1 Å². The second-order valence-electron chi connectivity index (χ2n) is 8.73. The van der Waals surface area contributed by atoms with Crippen molar-refractivity contribution in [3.05, 3.63) is 40.8 Å². The van der Waals surface area contributed by atoms with Gasteiger partial charge < -0.3 is 40.3 Å². The Kier molecular flexibility index (Phi) is 15.4. The van der Waals surface area contributed by atoms with Gasteiger partial charge in [0.25, 0.3) is 0 Å². The van der Waals surface area contributed by atoms with Crippen molar-refractivity contribution in [2.24, 2.45) is 0 Å². The number of aliphatic carboxylic acids is 4. The molecule has 230 valence electrons. The van der Waals surface area contributed by atoms with Gasteiger partial charge in [-0.1, -0.05) is 36.8 Å². The number of carbonyl (C=O) groups is 6. The smallest absolute Gasteiger partial charge is 0.414 e. The highest BCUT2D eigenvalue weighted by Gasteiger charge is 2.23. The minimum atomic E-state index is -1.82. The predicted octanol–water partition coefficient (Wildman–Crippen LogP) is 2.18. The molecule has 1 aliphatic rings. The van der Waals surface area contributed by atoms with E-state index in [0.29, 0.717) is 23.6 Å². The van der Waals surface area contributed by atoms with Crippen LogP contribution in [0.3, 0.4) is 0 Å². The van der Waals surface area contributed by atoms with E-state index in [1.165, 1.54) is 11.3 Å². The molecule has 0 saturated carbocycles. The maximum absolute atomic E-state index is 12.7. The average molecular weight is 610 g/mol. The Balaban J connectivity index is 0.000000618. The molecule has 1 aromatic carbocycles. The van der Waals surface area contributed by atoms with Gasteiger partial charge in [0.2, 0.25) is 5.91 Å². The van der Waals surface area contributed by atoms with Gasteiger partial charge in [-0.2, -0.15) is 0 Å². The lowest BCUT2D eigenvalue weighted by Crippen LogP contribution is -2.46. The molecule has 0 atom stereocenters. The maximum atomic E-state index is 12.7. The van der Waals surface area contributed by atoms with Crippen molar-refractivity contribution in [2.75, 3.05) is 51.2 Å². The van der Waals surface area contributed by atoms with E-state index in [2.05, 4.69) is 22.0 Å². The fraction of sp³-hybridized carbons (Fsp3) is 0.407. The van der Waals surface area contributed by atoms with Gasteiger partial charge in [-0.3, -0.25) is 4.79 Å². The van der Waals surface area contributed by atoms with Crippen LogP contribution in [0.5, 0.6) is 0 Å². The van der Waals surface area contributed by atoms with Crippen LogP contribution in [-0.4, -0.2) is 112 Å². The zero-order valence-electron chi connectivity index (χ0n) is 23.5. The Morgan fingerprint density at radius 3 is 1.79 bits per heavy atom. The molecular formula is C27H35N3O11S. The number of ether oxygens (including phenoxy) is 1. The Morgan fingerprint density at radius 2 is 1.33 bits per heavy atom. The summed E-state index contributed by atoms with van der Waals surface area (Å²) in [4.78, 5) is 66.4. The number of piperazine rings is 1. The summed E-state index contributed by atoms with van der Waals surface area (Å²) in [7, 11) is 0. The first-order chi connectivity index (χ1) is 19.8. The third kappa shape index (κ3) is 12.4. The number of hydrogen-bond acceptors (Lipinski definition) is 10. The van der Waals surface area contributed by atoms with Gasteiger partial charge in [-0.15, -0.1) is 11.3 Å². The van der Waals surface area contributed by atoms with Crippen molar-refractivity contribution in [2.45, 2.75) is 27.2 Å². The van der Waals surface area contributed by atoms with Gasteiger partial charge in [-0.25, -0.2) is 24.0 Å². The fourth-order valence-corrected chi connectivity index (χ4v) is 4.55. The molecule has 2 aromatic rings. The highest BCUT2D eigenvalue weighted by molar-refractivity contribution is 7.15. The lowest BCUT2D eigenvalue weighted by molar-refractivity contribution is -0.159. The van der Waals surface area contributed by atoms with Crippen LogP contribution in [0.2, 0.25) is 0 Å². The number of esters is 1. The Labute approximate surface area is 246 Å². The summed E-state index contributed by atoms with van der Waals surface area (Å²) in [5.41, 5.74) is 3.33. The van der Waals surface area contributed by atoms with E-state index >= 15 is 0 Å². The highest BCUT2D eigenvalue weighted by Crippen LogP contribution is 2.36. The Morgan fingerprint density at radius 1 is 0.833 bits per heavy atom. The van der Waals surface area contributed by atoms with Crippen LogP contribution in [0.15, 0.2) is 29.6 Å². The Bertz CT molecular complexity index is 1190. The number of anilines is 1. The fourth-order valence-electron chi connectivity index (χ4n) is 3.58. The predicted molar refractivity (Wildman–Crippen MR) is 153 cm³/mol. The number of rotatable bonds is 8. The van der Waals surface area contributed by atoms with E-state index in [-0.39, 0.29) is 5.91 Å². The van der Waals surface area contributed by atoms with Crippen molar-refractivity contribution in [3.63, 3.8) is 0 Å². The van der Waals surface area contributed by atoms with Crippen molar-refractivity contribution >= 4 is 52.1 Å². The van der Waals surface area contributed by atoms with Gasteiger partial charge in [0, 0.05) is 50.1 Å². The number of carbonyl (C=O) groups excluding carboxylic acids is 2. The summed E-state index contributed by atoms with van der Waals surface area (Å²) >= 11 is 1.37. The normalized spacial score (nSPS) is 12.9. The molecule has 1 aromatic heterocycles. The van der Waals surface area contributed by atoms with Gasteiger partial charge in [0.15, 0.2) is 0 Å². The monoisotopic (exact) mass is 609 g/mol. The van der Waals surface area contributed by atoms with E-state index < -0.39 is 29.8 Å². The lowest BCUT2D eigenvalue weighted by Gasteiger charge is -2.33. The van der Waals surface area contributed by atoms with Gasteiger partial charge in [0.1, 0.15) is 10.6 Å². The van der Waals surface area contributed by atoms with E-state index in [1.807, 2.05) is 36.6 Å². The summed E-state index contributed by atoms with van der Waals surface area (Å²) < 4.78 is 5.27. The molecule has 42 heavy (non-hydrogen) atoms. The molecular weight excluding hydrogens is 574 g/mol. The zero-order chi connectivity index (χ0) is 31.8. The van der Waals surface area contributed by atoms with E-state index in [4.69, 9.17) is 44.3 Å². The summed E-state index contributed by atoms with van der Waals surface area (Å²) in [6.45, 7) is 12.2. The molecule has 3 rings (SSSR count). The summed E-state index contributed by atoms with van der Waals surface area (Å²) in [5.74, 6) is -7.77. The topological polar surface area (TPSA) is 211 Å². The quantitative estimate of drug-likeness (QED) is 0.215. The van der Waals surface area contributed by atoms with Crippen LogP contribution in [0, 0.1) is 6.92 Å². The molecule has 0 radical (unpaired) electrons. The number of nitrogens with zero attached hydrogens (tertiary/aromatic N) is 2. The molecule has 2 heterocycles. The molecule has 1 fully saturated rings. The summed E-state index contributed by atoms with van der Waals surface area (Å²) in [6, 6.07) is 8.00. The number of likely N-dealkylation sites (N-methyl/N-ethyl adjacent to an activating group) is 1. The molecule has 0 spiro atoms. The first-order valence-electron chi connectivity index (χ1n) is 12.8. The molecule has 1 saturated heterocycles. The first-order valence-corrected chi connectivity index (χ1v) is 13.7. The molecule has 15 heteroatoms. The minimum absolute atomic E-state index is 0.0734. The van der Waals surface area contributed by atoms with Gasteiger partial charge in [0.05, 0.1) is 6.61 Å². The number of benzene rings is 1. The van der Waals surface area contributed by atoms with Crippen LogP contribution >= 0.6 is 11.3 Å². The number of thiophene rings is 1. The SMILES string of the molecule is CCOC(=O)c1c(-c2ccc(C)cc2)csc1NC(=O)CCN1CCN(CC)CC1.O=C(O)C(=O)O.O=C(O)C(=O)O. The Hall–Kier alpha value is -4.34. The minimum Gasteiger partial charge on any atom is -0.473 e. The van der Waals surface area contributed by atoms with Crippen LogP contribution in [0.25, 0.3) is 11.1 Å². The molecule has 0 bridgehead atoms.